The van der Waals surface area contributed by atoms with Crippen molar-refractivity contribution >= 4 is 34.4 Å². The van der Waals surface area contributed by atoms with Gasteiger partial charge in [0.2, 0.25) is 0 Å². The maximum Gasteiger partial charge on any atom is 0.269 e. The Balaban J connectivity index is 2.31. The highest BCUT2D eigenvalue weighted by molar-refractivity contribution is 7.90. The van der Waals surface area contributed by atoms with Crippen LogP contribution in [0, 0.1) is 12.7 Å². The van der Waals surface area contributed by atoms with Crippen molar-refractivity contribution in [1.29, 1.82) is 0 Å². The van der Waals surface area contributed by atoms with Gasteiger partial charge in [-0.1, -0.05) is 23.2 Å². The third-order valence-corrected chi connectivity index (χ3v) is 5.33. The average Bonchev–Trinajstić information content (AvgIpc) is 2.86. The van der Waals surface area contributed by atoms with Gasteiger partial charge in [0.15, 0.2) is 17.2 Å². The molecule has 0 bridgehead atoms. The summed E-state index contributed by atoms with van der Waals surface area (Å²) in [6, 6.07) is 6.51. The van der Waals surface area contributed by atoms with Gasteiger partial charge in [-0.15, -0.1) is 0 Å². The number of nitrogens with zero attached hydrogens (tertiary/aromatic N) is 2. The molecule has 0 fully saturated rings. The first-order valence-electron chi connectivity index (χ1n) is 6.88. The van der Waals surface area contributed by atoms with Crippen molar-refractivity contribution in [3.8, 4) is 5.75 Å². The van der Waals surface area contributed by atoms with E-state index < -0.39 is 15.8 Å². The highest BCUT2D eigenvalue weighted by Crippen LogP contribution is 2.28. The summed E-state index contributed by atoms with van der Waals surface area (Å²) in [5.41, 5.74) is 1.67. The summed E-state index contributed by atoms with van der Waals surface area (Å²) in [4.78, 5) is 4.09. The molecule has 23 heavy (non-hydrogen) atoms. The molecule has 0 aliphatic rings. The Kier molecular flexibility index (Phi) is 3.64. The minimum absolute atomic E-state index is 0.00893. The number of pyridine rings is 1. The van der Waals surface area contributed by atoms with Gasteiger partial charge in [-0.05, 0) is 19.1 Å². The fourth-order valence-corrected chi connectivity index (χ4v) is 3.86. The van der Waals surface area contributed by atoms with Crippen LogP contribution >= 0.6 is 0 Å². The minimum atomic E-state index is -3.82. The standard InChI is InChI=1S/C15H14BFN2O3S/c1-9-3-5-10(6-4-9)23(20,21)19-8-11(16)13-14(22-2)12(17)7-18-15(13)19/h3-8H,16H2,1-2H3. The molecule has 2 aromatic heterocycles. The van der Waals surface area contributed by atoms with Crippen molar-refractivity contribution in [2.45, 2.75) is 11.8 Å². The Morgan fingerprint density at radius 1 is 1.26 bits per heavy atom. The maximum absolute atomic E-state index is 13.8. The molecule has 0 atom stereocenters. The van der Waals surface area contributed by atoms with E-state index in [0.717, 1.165) is 15.7 Å². The van der Waals surface area contributed by atoms with Crippen LogP contribution in [0.3, 0.4) is 0 Å². The molecule has 0 saturated heterocycles. The van der Waals surface area contributed by atoms with E-state index in [0.29, 0.717) is 10.8 Å². The highest BCUT2D eigenvalue weighted by Gasteiger charge is 2.24. The third-order valence-electron chi connectivity index (χ3n) is 3.66. The van der Waals surface area contributed by atoms with E-state index in [4.69, 9.17) is 4.74 Å². The van der Waals surface area contributed by atoms with Crippen LogP contribution in [0.1, 0.15) is 5.56 Å². The molecule has 0 saturated carbocycles. The number of aromatic nitrogens is 2. The van der Waals surface area contributed by atoms with Gasteiger partial charge in [-0.25, -0.2) is 21.8 Å². The molecule has 3 aromatic rings. The number of hydrogen-bond donors (Lipinski definition) is 0. The first-order valence-corrected chi connectivity index (χ1v) is 8.32. The van der Waals surface area contributed by atoms with Crippen LogP contribution in [-0.4, -0.2) is 32.3 Å². The molecule has 0 amide bonds. The monoisotopic (exact) mass is 332 g/mol. The second-order valence-corrected chi connectivity index (χ2v) is 7.08. The number of rotatable bonds is 3. The summed E-state index contributed by atoms with van der Waals surface area (Å²) in [6.07, 6.45) is 2.39. The minimum Gasteiger partial charge on any atom is -0.493 e. The van der Waals surface area contributed by atoms with Gasteiger partial charge in [-0.3, -0.25) is 0 Å². The van der Waals surface area contributed by atoms with Crippen LogP contribution in [-0.2, 0) is 10.0 Å². The van der Waals surface area contributed by atoms with Gasteiger partial charge >= 0.3 is 0 Å². The highest BCUT2D eigenvalue weighted by atomic mass is 32.2. The van der Waals surface area contributed by atoms with Gasteiger partial charge in [0.1, 0.15) is 7.85 Å². The zero-order valence-electron chi connectivity index (χ0n) is 12.9. The number of ether oxygens (including phenoxy) is 1. The lowest BCUT2D eigenvalue weighted by Crippen LogP contribution is -2.13. The van der Waals surface area contributed by atoms with Crippen LogP contribution < -0.4 is 10.2 Å². The molecule has 1 aromatic carbocycles. The fourth-order valence-electron chi connectivity index (χ4n) is 2.49. The van der Waals surface area contributed by atoms with Crippen molar-refractivity contribution < 1.29 is 17.5 Å². The summed E-state index contributed by atoms with van der Waals surface area (Å²) >= 11 is 0. The molecule has 8 heteroatoms. The molecule has 0 aliphatic carbocycles. The lowest BCUT2D eigenvalue weighted by atomic mass is 9.96. The molecule has 0 spiro atoms. The Morgan fingerprint density at radius 3 is 2.52 bits per heavy atom. The second-order valence-electron chi connectivity index (χ2n) is 5.26. The SMILES string of the molecule is Bc1cn(S(=O)(=O)c2ccc(C)cc2)c2ncc(F)c(OC)c12. The third kappa shape index (κ3) is 2.39. The summed E-state index contributed by atoms with van der Waals surface area (Å²) < 4.78 is 45.6. The number of hydrogen-bond acceptors (Lipinski definition) is 4. The summed E-state index contributed by atoms with van der Waals surface area (Å²) in [6.45, 7) is 1.88. The zero-order chi connectivity index (χ0) is 16.8. The Bertz CT molecular complexity index is 998. The predicted octanol–water partition coefficient (Wildman–Crippen LogP) is 0.988. The summed E-state index contributed by atoms with van der Waals surface area (Å²) in [7, 11) is -0.799. The predicted molar refractivity (Wildman–Crippen MR) is 88.2 cm³/mol. The van der Waals surface area contributed by atoms with Crippen molar-refractivity contribution in [2.75, 3.05) is 7.11 Å². The van der Waals surface area contributed by atoms with Crippen molar-refractivity contribution in [1.82, 2.24) is 8.96 Å². The van der Waals surface area contributed by atoms with Crippen molar-refractivity contribution in [2.24, 2.45) is 0 Å². The normalized spacial score (nSPS) is 11.8. The molecular weight excluding hydrogens is 318 g/mol. The molecular formula is C15H14BFN2O3S. The van der Waals surface area contributed by atoms with E-state index in [9.17, 15) is 12.8 Å². The van der Waals surface area contributed by atoms with E-state index in [2.05, 4.69) is 4.98 Å². The van der Waals surface area contributed by atoms with Gasteiger partial charge < -0.3 is 4.74 Å². The van der Waals surface area contributed by atoms with Crippen molar-refractivity contribution in [3.05, 3.63) is 48.0 Å². The number of methoxy groups -OCH3 is 1. The van der Waals surface area contributed by atoms with Gasteiger partial charge in [-0.2, -0.15) is 0 Å². The van der Waals surface area contributed by atoms with E-state index >= 15 is 0 Å². The van der Waals surface area contributed by atoms with E-state index in [1.54, 1.807) is 20.0 Å². The maximum atomic E-state index is 13.8. The molecule has 118 valence electrons. The van der Waals surface area contributed by atoms with E-state index in [-0.39, 0.29) is 16.3 Å². The molecule has 0 N–H and O–H groups in total. The fraction of sp³-hybridized carbons (Fsp3) is 0.133. The van der Waals surface area contributed by atoms with Crippen LogP contribution in [0.2, 0.25) is 0 Å². The lowest BCUT2D eigenvalue weighted by molar-refractivity contribution is 0.391. The van der Waals surface area contributed by atoms with Crippen LogP contribution in [0.15, 0.2) is 41.6 Å². The molecule has 0 radical (unpaired) electrons. The smallest absolute Gasteiger partial charge is 0.269 e. The molecule has 0 unspecified atom stereocenters. The lowest BCUT2D eigenvalue weighted by Gasteiger charge is -2.08. The Morgan fingerprint density at radius 2 is 1.91 bits per heavy atom. The van der Waals surface area contributed by atoms with Crippen molar-refractivity contribution in [3.63, 3.8) is 0 Å². The quantitative estimate of drug-likeness (QED) is 0.671. The number of fused-ring (bicyclic) bond motifs is 1. The largest absolute Gasteiger partial charge is 0.493 e. The Labute approximate surface area is 134 Å². The topological polar surface area (TPSA) is 61.2 Å². The Hall–Kier alpha value is -2.35. The number of aryl methyl sites for hydroxylation is 1. The zero-order valence-corrected chi connectivity index (χ0v) is 13.7. The molecule has 0 aliphatic heterocycles. The van der Waals surface area contributed by atoms with Gasteiger partial charge in [0, 0.05) is 6.20 Å². The van der Waals surface area contributed by atoms with E-state index in [1.807, 2.05) is 6.92 Å². The second kappa shape index (κ2) is 5.38. The molecule has 5 nitrogen and oxygen atoms in total. The first kappa shape index (κ1) is 15.5. The van der Waals surface area contributed by atoms with Crippen LogP contribution in [0.25, 0.3) is 11.0 Å². The molecule has 2 heterocycles. The van der Waals surface area contributed by atoms with E-state index in [1.165, 1.54) is 25.4 Å². The summed E-state index contributed by atoms with van der Waals surface area (Å²) in [5, 5.41) is 0.350. The first-order chi connectivity index (χ1) is 10.9. The van der Waals surface area contributed by atoms with Gasteiger partial charge in [0.05, 0.1) is 23.6 Å². The average molecular weight is 332 g/mol. The van der Waals surface area contributed by atoms with Gasteiger partial charge in [0.25, 0.3) is 10.0 Å². The van der Waals surface area contributed by atoms with Crippen LogP contribution in [0.5, 0.6) is 5.75 Å². The number of halogens is 1. The number of benzene rings is 1. The summed E-state index contributed by atoms with van der Waals surface area (Å²) in [5.74, 6) is -0.640. The molecule has 3 rings (SSSR count). The van der Waals surface area contributed by atoms with Crippen LogP contribution in [0.4, 0.5) is 4.39 Å².